The average Bonchev–Trinajstić information content (AvgIpc) is 3.35. The van der Waals surface area contributed by atoms with E-state index in [4.69, 9.17) is 9.84 Å². The number of halogens is 1. The molecule has 2 aromatic heterocycles. The normalized spacial score (nSPS) is 15.5. The van der Waals surface area contributed by atoms with Crippen LogP contribution in [0.25, 0.3) is 32.9 Å². The molecule has 33 heavy (non-hydrogen) atoms. The van der Waals surface area contributed by atoms with Crippen LogP contribution in [0.5, 0.6) is 0 Å². The van der Waals surface area contributed by atoms with Gasteiger partial charge in [-0.15, -0.1) is 0 Å². The molecule has 8 heteroatoms. The maximum absolute atomic E-state index is 14.6. The van der Waals surface area contributed by atoms with Crippen LogP contribution in [0, 0.1) is 5.82 Å². The summed E-state index contributed by atoms with van der Waals surface area (Å²) in [5.74, 6) is -0.323. The zero-order valence-electron chi connectivity index (χ0n) is 19.4. The number of piperidine rings is 1. The molecule has 4 aromatic rings. The quantitative estimate of drug-likeness (QED) is 0.417. The number of hydrogen-bond donors (Lipinski definition) is 0. The Kier molecular flexibility index (Phi) is 5.11. The highest BCUT2D eigenvalue weighted by atomic mass is 19.1. The number of fused-ring (bicyclic) bond motifs is 2. The van der Waals surface area contributed by atoms with E-state index in [1.165, 1.54) is 6.07 Å². The van der Waals surface area contributed by atoms with Crippen molar-refractivity contribution in [1.82, 2.24) is 24.5 Å². The van der Waals surface area contributed by atoms with Gasteiger partial charge in [-0.25, -0.2) is 9.18 Å². The highest BCUT2D eigenvalue weighted by Gasteiger charge is 2.28. The second kappa shape index (κ2) is 7.86. The molecular weight excluding hydrogens is 421 g/mol. The number of likely N-dealkylation sites (tertiary alicyclic amines) is 1. The first kappa shape index (κ1) is 21.4. The van der Waals surface area contributed by atoms with Crippen LogP contribution in [0.4, 0.5) is 9.18 Å². The fourth-order valence-electron chi connectivity index (χ4n) is 4.43. The van der Waals surface area contributed by atoms with Crippen molar-refractivity contribution in [1.29, 1.82) is 0 Å². The fraction of sp³-hybridized carbons (Fsp3) is 0.400. The van der Waals surface area contributed by atoms with Gasteiger partial charge in [0.15, 0.2) is 5.82 Å². The Labute approximate surface area is 191 Å². The van der Waals surface area contributed by atoms with Gasteiger partial charge in [0.25, 0.3) is 0 Å². The molecule has 0 N–H and O–H groups in total. The second-order valence-electron chi connectivity index (χ2n) is 9.78. The third-order valence-electron chi connectivity index (χ3n) is 6.02. The molecule has 7 nitrogen and oxygen atoms in total. The lowest BCUT2D eigenvalue weighted by molar-refractivity contribution is 0.0185. The van der Waals surface area contributed by atoms with Crippen LogP contribution >= 0.6 is 0 Å². The monoisotopic (exact) mass is 449 g/mol. The number of nitrogens with zero attached hydrogens (tertiary/aromatic N) is 5. The number of benzene rings is 2. The fourth-order valence-corrected chi connectivity index (χ4v) is 4.43. The van der Waals surface area contributed by atoms with Gasteiger partial charge >= 0.3 is 6.09 Å². The van der Waals surface area contributed by atoms with Crippen LogP contribution in [0.3, 0.4) is 0 Å². The van der Waals surface area contributed by atoms with Gasteiger partial charge < -0.3 is 9.64 Å². The summed E-state index contributed by atoms with van der Waals surface area (Å²) in [4.78, 5) is 14.1. The predicted molar refractivity (Wildman–Crippen MR) is 125 cm³/mol. The van der Waals surface area contributed by atoms with Crippen LogP contribution in [0.2, 0.25) is 0 Å². The lowest BCUT2D eigenvalue weighted by Gasteiger charge is -2.33. The van der Waals surface area contributed by atoms with Gasteiger partial charge in [0.2, 0.25) is 0 Å². The summed E-state index contributed by atoms with van der Waals surface area (Å²) in [6.45, 7) is 6.93. The molecule has 0 unspecified atom stereocenters. The van der Waals surface area contributed by atoms with Crippen molar-refractivity contribution in [2.24, 2.45) is 7.05 Å². The summed E-state index contributed by atoms with van der Waals surface area (Å²) in [6.07, 6.45) is 5.26. The van der Waals surface area contributed by atoms with Gasteiger partial charge in [0.05, 0.1) is 11.6 Å². The largest absolute Gasteiger partial charge is 0.444 e. The molecule has 1 aliphatic heterocycles. The summed E-state index contributed by atoms with van der Waals surface area (Å²) >= 11 is 0. The van der Waals surface area contributed by atoms with E-state index in [0.29, 0.717) is 18.6 Å². The molecule has 0 aliphatic carbocycles. The maximum atomic E-state index is 14.6. The molecule has 3 heterocycles. The van der Waals surface area contributed by atoms with Crippen LogP contribution in [-0.2, 0) is 11.8 Å². The molecule has 172 valence electrons. The van der Waals surface area contributed by atoms with Gasteiger partial charge in [0.1, 0.15) is 11.1 Å². The first-order chi connectivity index (χ1) is 15.7. The maximum Gasteiger partial charge on any atom is 0.410 e. The molecule has 0 bridgehead atoms. The van der Waals surface area contributed by atoms with E-state index < -0.39 is 5.60 Å². The third-order valence-corrected chi connectivity index (χ3v) is 6.02. The molecule has 2 aromatic carbocycles. The van der Waals surface area contributed by atoms with E-state index in [9.17, 15) is 9.18 Å². The van der Waals surface area contributed by atoms with E-state index in [0.717, 1.165) is 40.3 Å². The van der Waals surface area contributed by atoms with Crippen LogP contribution in [-0.4, -0.2) is 49.2 Å². The minimum atomic E-state index is -0.490. The van der Waals surface area contributed by atoms with Crippen molar-refractivity contribution in [2.75, 3.05) is 13.1 Å². The Balaban J connectivity index is 1.35. The summed E-state index contributed by atoms with van der Waals surface area (Å²) in [6, 6.07) is 9.72. The highest BCUT2D eigenvalue weighted by Crippen LogP contribution is 2.30. The number of hydrogen-bond acceptors (Lipinski definition) is 4. The lowest BCUT2D eigenvalue weighted by atomic mass is 10.0. The first-order valence-electron chi connectivity index (χ1n) is 11.3. The molecule has 0 saturated carbocycles. The first-order valence-corrected chi connectivity index (χ1v) is 11.3. The number of carbonyl (C=O) groups is 1. The molecule has 5 rings (SSSR count). The molecular formula is C25H28FN5O2. The molecule has 1 saturated heterocycles. The summed E-state index contributed by atoms with van der Waals surface area (Å²) in [7, 11) is 1.79. The lowest BCUT2D eigenvalue weighted by Crippen LogP contribution is -2.42. The smallest absolute Gasteiger partial charge is 0.410 e. The van der Waals surface area contributed by atoms with Gasteiger partial charge in [-0.05, 0) is 69.0 Å². The number of amides is 1. The van der Waals surface area contributed by atoms with Crippen molar-refractivity contribution >= 4 is 27.9 Å². The Bertz CT molecular complexity index is 1340. The molecule has 0 spiro atoms. The zero-order chi connectivity index (χ0) is 23.3. The van der Waals surface area contributed by atoms with Crippen LogP contribution in [0.15, 0.2) is 42.7 Å². The number of aryl methyl sites for hydroxylation is 1. The number of rotatable bonds is 2. The number of aromatic nitrogens is 4. The average molecular weight is 450 g/mol. The van der Waals surface area contributed by atoms with E-state index in [2.05, 4.69) is 5.10 Å². The molecule has 1 amide bonds. The minimum Gasteiger partial charge on any atom is -0.444 e. The van der Waals surface area contributed by atoms with E-state index in [1.807, 2.05) is 62.1 Å². The highest BCUT2D eigenvalue weighted by molar-refractivity contribution is 5.88. The van der Waals surface area contributed by atoms with E-state index in [-0.39, 0.29) is 18.0 Å². The topological polar surface area (TPSA) is 65.2 Å². The van der Waals surface area contributed by atoms with Gasteiger partial charge in [-0.1, -0.05) is 6.07 Å². The summed E-state index contributed by atoms with van der Waals surface area (Å²) < 4.78 is 23.7. The summed E-state index contributed by atoms with van der Waals surface area (Å²) in [5.41, 5.74) is 2.54. The van der Waals surface area contributed by atoms with E-state index in [1.54, 1.807) is 16.6 Å². The third kappa shape index (κ3) is 4.29. The van der Waals surface area contributed by atoms with E-state index >= 15 is 0 Å². The minimum absolute atomic E-state index is 0.226. The summed E-state index contributed by atoms with van der Waals surface area (Å²) in [5, 5.41) is 10.7. The number of carbonyl (C=O) groups excluding carboxylic acids is 1. The van der Waals surface area contributed by atoms with Crippen LogP contribution < -0.4 is 0 Å². The number of ether oxygens (including phenoxy) is 1. The van der Waals surface area contributed by atoms with Crippen molar-refractivity contribution in [3.63, 3.8) is 0 Å². The Morgan fingerprint density at radius 3 is 2.48 bits per heavy atom. The van der Waals surface area contributed by atoms with Crippen molar-refractivity contribution in [3.05, 3.63) is 48.5 Å². The Hall–Kier alpha value is -3.42. The molecule has 1 fully saturated rings. The molecule has 0 radical (unpaired) electrons. The Morgan fingerprint density at radius 2 is 1.76 bits per heavy atom. The van der Waals surface area contributed by atoms with Crippen molar-refractivity contribution in [3.8, 4) is 11.1 Å². The second-order valence-corrected chi connectivity index (χ2v) is 9.78. The predicted octanol–water partition coefficient (Wildman–Crippen LogP) is 5.30. The SMILES string of the molecule is Cn1cc2cc(-c3ccc4nn(C5CCN(C(=O)OC(C)(C)C)CC5)cc4c3)cc(F)c2n1. The van der Waals surface area contributed by atoms with Gasteiger partial charge in [-0.2, -0.15) is 10.2 Å². The zero-order valence-corrected chi connectivity index (χ0v) is 19.4. The molecule has 0 atom stereocenters. The van der Waals surface area contributed by atoms with Crippen LogP contribution in [0.1, 0.15) is 39.7 Å². The van der Waals surface area contributed by atoms with Crippen molar-refractivity contribution < 1.29 is 13.9 Å². The Morgan fingerprint density at radius 1 is 1.03 bits per heavy atom. The standard InChI is InChI=1S/C25H28FN5O2/c1-25(2,3)33-24(32)30-9-7-20(8-10-30)31-15-18-11-16(5-6-22(18)27-31)17-12-19-14-29(4)28-23(19)21(26)13-17/h5-6,11-15,20H,7-10H2,1-4H3. The molecule has 1 aliphatic rings. The van der Waals surface area contributed by atoms with Gasteiger partial charge in [0, 0.05) is 43.3 Å². The van der Waals surface area contributed by atoms with Gasteiger partial charge in [-0.3, -0.25) is 9.36 Å². The van der Waals surface area contributed by atoms with Crippen molar-refractivity contribution in [2.45, 2.75) is 45.3 Å².